The molecule has 0 saturated carbocycles. The van der Waals surface area contributed by atoms with Crippen LogP contribution in [0.3, 0.4) is 0 Å². The fourth-order valence-electron chi connectivity index (χ4n) is 2.57. The van der Waals surface area contributed by atoms with E-state index in [1.807, 2.05) is 0 Å². The Morgan fingerprint density at radius 3 is 2.48 bits per heavy atom. The Bertz CT molecular complexity index is 1020. The maximum absolute atomic E-state index is 12.9. The van der Waals surface area contributed by atoms with Crippen molar-refractivity contribution in [2.24, 2.45) is 0 Å². The van der Waals surface area contributed by atoms with E-state index in [4.69, 9.17) is 0 Å². The minimum atomic E-state index is -4.50. The number of pyridine rings is 1. The summed E-state index contributed by atoms with van der Waals surface area (Å²) in [5.41, 5.74) is -0.521. The third-order valence-corrected chi connectivity index (χ3v) is 3.77. The summed E-state index contributed by atoms with van der Waals surface area (Å²) in [5, 5.41) is 0.249. The smallest absolute Gasteiger partial charge is 0.416 e. The normalized spacial score (nSPS) is 11.5. The minimum absolute atomic E-state index is 0.130. The predicted octanol–water partition coefficient (Wildman–Crippen LogP) is 4.00. The van der Waals surface area contributed by atoms with Crippen LogP contribution in [0.1, 0.15) is 15.9 Å². The lowest BCUT2D eigenvalue weighted by atomic mass is 10.0. The number of esters is 1. The number of hydrogen-bond acceptors (Lipinski definition) is 3. The number of rotatable bonds is 2. The first-order chi connectivity index (χ1) is 11.8. The van der Waals surface area contributed by atoms with Crippen LogP contribution in [0.4, 0.5) is 13.2 Å². The third kappa shape index (κ3) is 3.13. The fourth-order valence-corrected chi connectivity index (χ4v) is 2.57. The van der Waals surface area contributed by atoms with Crippen LogP contribution in [-0.2, 0) is 10.9 Å². The first-order valence-electron chi connectivity index (χ1n) is 7.23. The van der Waals surface area contributed by atoms with Crippen molar-refractivity contribution in [2.45, 2.75) is 6.18 Å². The zero-order chi connectivity index (χ0) is 18.2. The van der Waals surface area contributed by atoms with E-state index in [1.54, 1.807) is 0 Å². The van der Waals surface area contributed by atoms with Gasteiger partial charge in [-0.25, -0.2) is 4.79 Å². The second kappa shape index (κ2) is 6.08. The van der Waals surface area contributed by atoms with Gasteiger partial charge in [0.1, 0.15) is 0 Å². The molecule has 0 aliphatic rings. The Labute approximate surface area is 139 Å². The number of aromatic amines is 1. The van der Waals surface area contributed by atoms with Gasteiger partial charge in [-0.2, -0.15) is 13.2 Å². The van der Waals surface area contributed by atoms with Gasteiger partial charge >= 0.3 is 12.1 Å². The summed E-state index contributed by atoms with van der Waals surface area (Å²) in [6.07, 6.45) is -4.50. The maximum Gasteiger partial charge on any atom is 0.416 e. The zero-order valence-electron chi connectivity index (χ0n) is 13.0. The second-order valence-electron chi connectivity index (χ2n) is 5.35. The molecule has 0 amide bonds. The first kappa shape index (κ1) is 16.8. The van der Waals surface area contributed by atoms with Gasteiger partial charge in [-0.05, 0) is 29.8 Å². The van der Waals surface area contributed by atoms with Crippen molar-refractivity contribution in [1.29, 1.82) is 0 Å². The molecular weight excluding hydrogens is 335 g/mol. The molecule has 1 heterocycles. The van der Waals surface area contributed by atoms with Gasteiger partial charge in [0.2, 0.25) is 0 Å². The van der Waals surface area contributed by atoms with Gasteiger partial charge in [0.25, 0.3) is 0 Å². The number of alkyl halides is 3. The van der Waals surface area contributed by atoms with E-state index in [1.165, 1.54) is 43.5 Å². The Balaban J connectivity index is 2.25. The van der Waals surface area contributed by atoms with E-state index in [0.717, 1.165) is 12.1 Å². The third-order valence-electron chi connectivity index (χ3n) is 3.77. The maximum atomic E-state index is 12.9. The van der Waals surface area contributed by atoms with Gasteiger partial charge in [0, 0.05) is 17.1 Å². The number of fused-ring (bicyclic) bond motifs is 1. The highest BCUT2D eigenvalue weighted by Crippen LogP contribution is 2.32. The number of para-hydroxylation sites is 1. The molecular formula is C18H12F3NO3. The average molecular weight is 347 g/mol. The number of aromatic nitrogens is 1. The van der Waals surface area contributed by atoms with Crippen LogP contribution in [0, 0.1) is 0 Å². The predicted molar refractivity (Wildman–Crippen MR) is 86.3 cm³/mol. The number of hydrogen-bond donors (Lipinski definition) is 1. The Hall–Kier alpha value is -3.09. The summed E-state index contributed by atoms with van der Waals surface area (Å²) in [4.78, 5) is 27.1. The average Bonchev–Trinajstić information content (AvgIpc) is 2.60. The van der Waals surface area contributed by atoms with E-state index in [9.17, 15) is 22.8 Å². The molecule has 0 aliphatic carbocycles. The molecule has 3 aromatic rings. The fraction of sp³-hybridized carbons (Fsp3) is 0.111. The lowest BCUT2D eigenvalue weighted by Crippen LogP contribution is -2.09. The van der Waals surface area contributed by atoms with Gasteiger partial charge in [0.05, 0.1) is 23.8 Å². The molecule has 0 spiro atoms. The number of H-pyrrole nitrogens is 1. The van der Waals surface area contributed by atoms with E-state index < -0.39 is 23.1 Å². The van der Waals surface area contributed by atoms with Crippen molar-refractivity contribution >= 4 is 16.9 Å². The Kier molecular flexibility index (Phi) is 4.08. The van der Waals surface area contributed by atoms with Gasteiger partial charge < -0.3 is 9.72 Å². The SMILES string of the molecule is COC(=O)c1cccc2c(=O)cc(-c3cccc(C(F)(F)F)c3)[nH]c12. The quantitative estimate of drug-likeness (QED) is 0.713. The lowest BCUT2D eigenvalue weighted by molar-refractivity contribution is -0.137. The van der Waals surface area contributed by atoms with Gasteiger partial charge in [-0.15, -0.1) is 0 Å². The van der Waals surface area contributed by atoms with Crippen molar-refractivity contribution in [3.63, 3.8) is 0 Å². The van der Waals surface area contributed by atoms with Crippen LogP contribution >= 0.6 is 0 Å². The largest absolute Gasteiger partial charge is 0.465 e. The van der Waals surface area contributed by atoms with Gasteiger partial charge in [0.15, 0.2) is 5.43 Å². The second-order valence-corrected chi connectivity index (χ2v) is 5.35. The van der Waals surface area contributed by atoms with Gasteiger partial charge in [-0.3, -0.25) is 4.79 Å². The van der Waals surface area contributed by atoms with Crippen LogP contribution < -0.4 is 5.43 Å². The summed E-state index contributed by atoms with van der Waals surface area (Å²) in [6, 6.07) is 10.3. The van der Waals surface area contributed by atoms with Crippen molar-refractivity contribution in [3.05, 3.63) is 69.9 Å². The van der Waals surface area contributed by atoms with Crippen molar-refractivity contribution in [3.8, 4) is 11.3 Å². The van der Waals surface area contributed by atoms with E-state index in [0.29, 0.717) is 0 Å². The van der Waals surface area contributed by atoms with E-state index >= 15 is 0 Å². The highest BCUT2D eigenvalue weighted by atomic mass is 19.4. The van der Waals surface area contributed by atoms with Gasteiger partial charge in [-0.1, -0.05) is 18.2 Å². The van der Waals surface area contributed by atoms with E-state index in [2.05, 4.69) is 9.72 Å². The van der Waals surface area contributed by atoms with Crippen molar-refractivity contribution in [1.82, 2.24) is 4.98 Å². The number of halogens is 3. The molecule has 0 bridgehead atoms. The summed E-state index contributed by atoms with van der Waals surface area (Å²) >= 11 is 0. The molecule has 4 nitrogen and oxygen atoms in total. The zero-order valence-corrected chi connectivity index (χ0v) is 13.0. The number of carbonyl (C=O) groups is 1. The molecule has 1 N–H and O–H groups in total. The highest BCUT2D eigenvalue weighted by molar-refractivity contribution is 6.03. The molecule has 1 aromatic heterocycles. The highest BCUT2D eigenvalue weighted by Gasteiger charge is 2.30. The molecule has 7 heteroatoms. The molecule has 0 atom stereocenters. The number of nitrogens with one attached hydrogen (secondary N) is 1. The topological polar surface area (TPSA) is 59.2 Å². The van der Waals surface area contributed by atoms with Crippen LogP contribution in [0.2, 0.25) is 0 Å². The van der Waals surface area contributed by atoms with E-state index in [-0.39, 0.29) is 27.7 Å². The molecule has 0 aliphatic heterocycles. The van der Waals surface area contributed by atoms with Crippen LogP contribution in [0.5, 0.6) is 0 Å². The summed E-state index contributed by atoms with van der Waals surface area (Å²) in [6.45, 7) is 0. The number of benzene rings is 2. The molecule has 0 radical (unpaired) electrons. The summed E-state index contributed by atoms with van der Waals surface area (Å²) in [5.74, 6) is -0.651. The molecule has 3 rings (SSSR count). The number of methoxy groups -OCH3 is 1. The molecule has 0 unspecified atom stereocenters. The summed E-state index contributed by atoms with van der Waals surface area (Å²) < 4.78 is 43.4. The van der Waals surface area contributed by atoms with Crippen molar-refractivity contribution < 1.29 is 22.7 Å². The number of carbonyl (C=O) groups excluding carboxylic acids is 1. The molecule has 0 saturated heterocycles. The monoisotopic (exact) mass is 347 g/mol. The molecule has 128 valence electrons. The summed E-state index contributed by atoms with van der Waals surface area (Å²) in [7, 11) is 1.20. The van der Waals surface area contributed by atoms with Crippen LogP contribution in [0.25, 0.3) is 22.2 Å². The van der Waals surface area contributed by atoms with Crippen LogP contribution in [0.15, 0.2) is 53.3 Å². The molecule has 0 fully saturated rings. The minimum Gasteiger partial charge on any atom is -0.465 e. The molecule has 25 heavy (non-hydrogen) atoms. The standard InChI is InChI=1S/C18H12F3NO3/c1-25-17(24)13-7-3-6-12-15(23)9-14(22-16(12)13)10-4-2-5-11(8-10)18(19,20)21/h2-9H,1H3,(H,22,23). The Morgan fingerprint density at radius 1 is 1.08 bits per heavy atom. The van der Waals surface area contributed by atoms with Crippen molar-refractivity contribution in [2.75, 3.05) is 7.11 Å². The first-order valence-corrected chi connectivity index (χ1v) is 7.23. The molecule has 2 aromatic carbocycles. The lowest BCUT2D eigenvalue weighted by Gasteiger charge is -2.11. The van der Waals surface area contributed by atoms with Crippen LogP contribution in [-0.4, -0.2) is 18.1 Å². The number of ether oxygens (including phenoxy) is 1. The Morgan fingerprint density at radius 2 is 1.80 bits per heavy atom.